The van der Waals surface area contributed by atoms with Crippen molar-refractivity contribution in [3.63, 3.8) is 0 Å². The summed E-state index contributed by atoms with van der Waals surface area (Å²) in [5, 5.41) is 3.68. The Bertz CT molecular complexity index is 746. The number of rotatable bonds is 4. The number of carbonyl (C=O) groups is 1. The first-order chi connectivity index (χ1) is 11.0. The molecule has 1 aliphatic rings. The van der Waals surface area contributed by atoms with Crippen LogP contribution in [0.15, 0.2) is 36.4 Å². The van der Waals surface area contributed by atoms with E-state index < -0.39 is 6.10 Å². The van der Waals surface area contributed by atoms with Gasteiger partial charge in [-0.3, -0.25) is 4.79 Å². The van der Waals surface area contributed by atoms with Gasteiger partial charge in [0.05, 0.1) is 10.7 Å². The van der Waals surface area contributed by atoms with Crippen molar-refractivity contribution in [3.8, 4) is 5.75 Å². The van der Waals surface area contributed by atoms with E-state index in [2.05, 4.69) is 11.4 Å². The van der Waals surface area contributed by atoms with Crippen molar-refractivity contribution < 1.29 is 9.53 Å². The Balaban J connectivity index is 1.65. The molecule has 5 heteroatoms. The van der Waals surface area contributed by atoms with Crippen molar-refractivity contribution in [2.45, 2.75) is 32.3 Å². The second-order valence-electron chi connectivity index (χ2n) is 5.66. The monoisotopic (exact) mass is 349 g/mol. The zero-order valence-corrected chi connectivity index (χ0v) is 14.2. The molecular formula is C18H17Cl2NO2. The summed E-state index contributed by atoms with van der Waals surface area (Å²) in [4.78, 5) is 12.3. The highest BCUT2D eigenvalue weighted by molar-refractivity contribution is 6.36. The zero-order valence-electron chi connectivity index (χ0n) is 12.7. The maximum Gasteiger partial charge on any atom is 0.265 e. The number of fused-ring (bicyclic) bond motifs is 1. The van der Waals surface area contributed by atoms with Crippen molar-refractivity contribution in [2.24, 2.45) is 0 Å². The zero-order chi connectivity index (χ0) is 16.4. The van der Waals surface area contributed by atoms with Crippen LogP contribution >= 0.6 is 23.2 Å². The van der Waals surface area contributed by atoms with Crippen LogP contribution in [0.1, 0.15) is 24.5 Å². The molecule has 0 saturated carbocycles. The third kappa shape index (κ3) is 3.80. The first kappa shape index (κ1) is 16.2. The van der Waals surface area contributed by atoms with Crippen LogP contribution < -0.4 is 10.1 Å². The molecule has 0 bridgehead atoms. The molecule has 0 fully saturated rings. The van der Waals surface area contributed by atoms with Gasteiger partial charge in [-0.2, -0.15) is 0 Å². The summed E-state index contributed by atoms with van der Waals surface area (Å²) < 4.78 is 5.76. The molecule has 1 aliphatic carbocycles. The highest BCUT2D eigenvalue weighted by Gasteiger charge is 2.18. The number of hydrogen-bond acceptors (Lipinski definition) is 2. The molecule has 0 radical (unpaired) electrons. The molecule has 3 nitrogen and oxygen atoms in total. The largest absolute Gasteiger partial charge is 0.481 e. The number of halogens is 2. The molecule has 0 aromatic heterocycles. The van der Waals surface area contributed by atoms with Gasteiger partial charge in [-0.1, -0.05) is 29.3 Å². The van der Waals surface area contributed by atoms with E-state index in [4.69, 9.17) is 27.9 Å². The van der Waals surface area contributed by atoms with Gasteiger partial charge >= 0.3 is 0 Å². The molecule has 0 saturated heterocycles. The lowest BCUT2D eigenvalue weighted by Crippen LogP contribution is -2.30. The Morgan fingerprint density at radius 3 is 2.70 bits per heavy atom. The van der Waals surface area contributed by atoms with E-state index in [0.717, 1.165) is 18.6 Å². The van der Waals surface area contributed by atoms with Crippen molar-refractivity contribution in [1.29, 1.82) is 0 Å². The van der Waals surface area contributed by atoms with Gasteiger partial charge in [0.2, 0.25) is 0 Å². The summed E-state index contributed by atoms with van der Waals surface area (Å²) in [5.41, 5.74) is 3.21. The summed E-state index contributed by atoms with van der Waals surface area (Å²) in [6.07, 6.45) is 2.76. The quantitative estimate of drug-likeness (QED) is 0.853. The number of nitrogens with one attached hydrogen (secondary N) is 1. The summed E-state index contributed by atoms with van der Waals surface area (Å²) in [6, 6.07) is 11.0. The minimum atomic E-state index is -0.624. The van der Waals surface area contributed by atoms with Crippen LogP contribution in [0, 0.1) is 0 Å². The van der Waals surface area contributed by atoms with Crippen molar-refractivity contribution >= 4 is 34.8 Å². The van der Waals surface area contributed by atoms with Crippen molar-refractivity contribution in [3.05, 3.63) is 57.6 Å². The average Bonchev–Trinajstić information content (AvgIpc) is 2.97. The normalized spacial score (nSPS) is 14.2. The SMILES string of the molecule is CC(Oc1ccc2c(c1)CCC2)C(=O)Nc1ccc(Cl)cc1Cl. The van der Waals surface area contributed by atoms with E-state index in [9.17, 15) is 4.79 Å². The highest BCUT2D eigenvalue weighted by atomic mass is 35.5. The summed E-state index contributed by atoms with van der Waals surface area (Å²) in [5.74, 6) is 0.463. The number of aryl methyl sites for hydroxylation is 2. The molecule has 1 amide bonds. The first-order valence-electron chi connectivity index (χ1n) is 7.57. The van der Waals surface area contributed by atoms with Crippen LogP contribution in [0.2, 0.25) is 10.0 Å². The van der Waals surface area contributed by atoms with Crippen LogP contribution in [0.4, 0.5) is 5.69 Å². The Labute approximate surface area is 145 Å². The third-order valence-electron chi connectivity index (χ3n) is 3.94. The fourth-order valence-corrected chi connectivity index (χ4v) is 3.16. The van der Waals surface area contributed by atoms with Crippen molar-refractivity contribution in [1.82, 2.24) is 0 Å². The lowest BCUT2D eigenvalue weighted by Gasteiger charge is -2.16. The topological polar surface area (TPSA) is 38.3 Å². The first-order valence-corrected chi connectivity index (χ1v) is 8.33. The predicted octanol–water partition coefficient (Wildman–Crippen LogP) is 4.89. The third-order valence-corrected chi connectivity index (χ3v) is 4.49. The molecule has 0 spiro atoms. The van der Waals surface area contributed by atoms with E-state index in [1.54, 1.807) is 25.1 Å². The van der Waals surface area contributed by atoms with Gasteiger partial charge in [0.1, 0.15) is 5.75 Å². The number of carbonyl (C=O) groups excluding carboxylic acids is 1. The Hall–Kier alpha value is -1.71. The molecule has 2 aromatic carbocycles. The maximum absolute atomic E-state index is 12.3. The minimum Gasteiger partial charge on any atom is -0.481 e. The van der Waals surface area contributed by atoms with Gasteiger partial charge in [0.15, 0.2) is 6.10 Å². The van der Waals surface area contributed by atoms with Gasteiger partial charge in [0, 0.05) is 5.02 Å². The molecular weight excluding hydrogens is 333 g/mol. The molecule has 2 aromatic rings. The molecule has 1 N–H and O–H groups in total. The lowest BCUT2D eigenvalue weighted by molar-refractivity contribution is -0.122. The minimum absolute atomic E-state index is 0.255. The van der Waals surface area contributed by atoms with Gasteiger partial charge in [-0.05, 0) is 67.6 Å². The van der Waals surface area contributed by atoms with E-state index in [1.807, 2.05) is 12.1 Å². The fraction of sp³-hybridized carbons (Fsp3) is 0.278. The number of ether oxygens (including phenoxy) is 1. The molecule has 1 atom stereocenters. The molecule has 3 rings (SSSR count). The van der Waals surface area contributed by atoms with Gasteiger partial charge < -0.3 is 10.1 Å². The van der Waals surface area contributed by atoms with Gasteiger partial charge in [-0.25, -0.2) is 0 Å². The molecule has 0 heterocycles. The second-order valence-corrected chi connectivity index (χ2v) is 6.50. The number of benzene rings is 2. The fourth-order valence-electron chi connectivity index (χ4n) is 2.70. The van der Waals surface area contributed by atoms with E-state index in [-0.39, 0.29) is 5.91 Å². The number of hydrogen-bond donors (Lipinski definition) is 1. The average molecular weight is 350 g/mol. The predicted molar refractivity (Wildman–Crippen MR) is 93.6 cm³/mol. The van der Waals surface area contributed by atoms with Crippen LogP contribution in [0.5, 0.6) is 5.75 Å². The van der Waals surface area contributed by atoms with E-state index >= 15 is 0 Å². The summed E-state index contributed by atoms with van der Waals surface area (Å²) >= 11 is 11.9. The lowest BCUT2D eigenvalue weighted by atomic mass is 10.1. The van der Waals surface area contributed by atoms with Crippen molar-refractivity contribution in [2.75, 3.05) is 5.32 Å². The van der Waals surface area contributed by atoms with Crippen LogP contribution in [-0.4, -0.2) is 12.0 Å². The molecule has 120 valence electrons. The van der Waals surface area contributed by atoms with Crippen LogP contribution in [0.3, 0.4) is 0 Å². The Morgan fingerprint density at radius 2 is 1.91 bits per heavy atom. The van der Waals surface area contributed by atoms with E-state index in [1.165, 1.54) is 17.5 Å². The Kier molecular flexibility index (Phi) is 4.79. The summed E-state index contributed by atoms with van der Waals surface area (Å²) in [6.45, 7) is 1.71. The van der Waals surface area contributed by atoms with Crippen LogP contribution in [0.25, 0.3) is 0 Å². The second kappa shape index (κ2) is 6.81. The standard InChI is InChI=1S/C18H17Cl2NO2/c1-11(18(22)21-17-8-6-14(19)10-16(17)20)23-15-7-5-12-3-2-4-13(12)9-15/h5-11H,2-4H2,1H3,(H,21,22). The number of anilines is 1. The van der Waals surface area contributed by atoms with Crippen LogP contribution in [-0.2, 0) is 17.6 Å². The smallest absolute Gasteiger partial charge is 0.265 e. The van der Waals surface area contributed by atoms with Gasteiger partial charge in [0.25, 0.3) is 5.91 Å². The summed E-state index contributed by atoms with van der Waals surface area (Å²) in [7, 11) is 0. The molecule has 0 aliphatic heterocycles. The maximum atomic E-state index is 12.3. The molecule has 23 heavy (non-hydrogen) atoms. The number of amides is 1. The van der Waals surface area contributed by atoms with E-state index in [0.29, 0.717) is 15.7 Å². The molecule has 1 unspecified atom stereocenters. The Morgan fingerprint density at radius 1 is 1.13 bits per heavy atom. The van der Waals surface area contributed by atoms with Gasteiger partial charge in [-0.15, -0.1) is 0 Å². The highest BCUT2D eigenvalue weighted by Crippen LogP contribution is 2.28.